The van der Waals surface area contributed by atoms with Gasteiger partial charge in [-0.3, -0.25) is 4.90 Å². The third kappa shape index (κ3) is 4.62. The van der Waals surface area contributed by atoms with Crippen LogP contribution in [-0.2, 0) is 17.8 Å². The van der Waals surface area contributed by atoms with Crippen molar-refractivity contribution in [2.45, 2.75) is 57.3 Å². The summed E-state index contributed by atoms with van der Waals surface area (Å²) < 4.78 is 5.68. The summed E-state index contributed by atoms with van der Waals surface area (Å²) in [6, 6.07) is 10.4. The highest BCUT2D eigenvalue weighted by Crippen LogP contribution is 2.29. The molecule has 0 bridgehead atoms. The summed E-state index contributed by atoms with van der Waals surface area (Å²) in [5.41, 5.74) is 2.86. The highest BCUT2D eigenvalue weighted by atomic mass is 16.5. The van der Waals surface area contributed by atoms with Crippen molar-refractivity contribution in [2.75, 3.05) is 32.8 Å². The van der Waals surface area contributed by atoms with Gasteiger partial charge in [-0.05, 0) is 55.8 Å². The Labute approximate surface area is 152 Å². The molecule has 0 radical (unpaired) electrons. The molecule has 3 unspecified atom stereocenters. The number of morpholine rings is 1. The molecule has 138 valence electrons. The van der Waals surface area contributed by atoms with Crippen LogP contribution >= 0.6 is 0 Å². The summed E-state index contributed by atoms with van der Waals surface area (Å²) in [5, 5.41) is 7.49. The minimum absolute atomic E-state index is 0.539. The molecule has 4 nitrogen and oxygen atoms in total. The van der Waals surface area contributed by atoms with Crippen molar-refractivity contribution in [3.05, 3.63) is 35.4 Å². The second-order valence-corrected chi connectivity index (χ2v) is 8.02. The van der Waals surface area contributed by atoms with E-state index < -0.39 is 0 Å². The molecule has 1 aromatic carbocycles. The monoisotopic (exact) mass is 343 g/mol. The first-order chi connectivity index (χ1) is 12.4. The van der Waals surface area contributed by atoms with E-state index in [9.17, 15) is 0 Å². The van der Waals surface area contributed by atoms with Gasteiger partial charge in [0.15, 0.2) is 0 Å². The number of ether oxygens (including phenoxy) is 1. The summed E-state index contributed by atoms with van der Waals surface area (Å²) in [4.78, 5) is 2.57. The van der Waals surface area contributed by atoms with E-state index in [0.717, 1.165) is 38.8 Å². The molecule has 2 N–H and O–H groups in total. The highest BCUT2D eigenvalue weighted by molar-refractivity contribution is 5.22. The molecule has 2 heterocycles. The van der Waals surface area contributed by atoms with Crippen LogP contribution in [0.25, 0.3) is 0 Å². The average molecular weight is 344 g/mol. The Kier molecular flexibility index (Phi) is 6.03. The summed E-state index contributed by atoms with van der Waals surface area (Å²) in [6.07, 6.45) is 6.70. The number of hydrogen-bond donors (Lipinski definition) is 2. The normalized spacial score (nSPS) is 30.8. The van der Waals surface area contributed by atoms with Gasteiger partial charge in [0.2, 0.25) is 0 Å². The summed E-state index contributed by atoms with van der Waals surface area (Å²) >= 11 is 0. The Balaban J connectivity index is 1.27. The van der Waals surface area contributed by atoms with Crippen LogP contribution in [0.2, 0.25) is 0 Å². The smallest absolute Gasteiger partial charge is 0.0623 e. The van der Waals surface area contributed by atoms with E-state index in [1.807, 2.05) is 0 Å². The lowest BCUT2D eigenvalue weighted by Gasteiger charge is -2.33. The second kappa shape index (κ2) is 8.63. The molecule has 4 heteroatoms. The maximum atomic E-state index is 5.68. The van der Waals surface area contributed by atoms with Gasteiger partial charge in [0, 0.05) is 31.7 Å². The van der Waals surface area contributed by atoms with Gasteiger partial charge >= 0.3 is 0 Å². The lowest BCUT2D eigenvalue weighted by molar-refractivity contribution is 0.0524. The molecule has 4 rings (SSSR count). The number of nitrogens with one attached hydrogen (secondary N) is 2. The van der Waals surface area contributed by atoms with E-state index >= 15 is 0 Å². The molecule has 2 aliphatic heterocycles. The predicted molar refractivity (Wildman–Crippen MR) is 102 cm³/mol. The molecule has 1 saturated carbocycles. The number of hydrogen-bond acceptors (Lipinski definition) is 4. The largest absolute Gasteiger partial charge is 0.379 e. The van der Waals surface area contributed by atoms with Crippen LogP contribution in [0.5, 0.6) is 0 Å². The van der Waals surface area contributed by atoms with Crippen molar-refractivity contribution >= 4 is 0 Å². The molecular weight excluding hydrogens is 310 g/mol. The molecular formula is C21H33N3O. The van der Waals surface area contributed by atoms with E-state index in [1.54, 1.807) is 0 Å². The van der Waals surface area contributed by atoms with Gasteiger partial charge in [0.25, 0.3) is 0 Å². The minimum atomic E-state index is 0.539. The first-order valence-corrected chi connectivity index (χ1v) is 10.2. The summed E-state index contributed by atoms with van der Waals surface area (Å²) in [7, 11) is 0. The van der Waals surface area contributed by atoms with Crippen molar-refractivity contribution in [3.8, 4) is 0 Å². The number of benzene rings is 1. The van der Waals surface area contributed by atoms with Crippen molar-refractivity contribution in [2.24, 2.45) is 5.92 Å². The van der Waals surface area contributed by atoms with Crippen LogP contribution < -0.4 is 10.6 Å². The van der Waals surface area contributed by atoms with Gasteiger partial charge in [-0.1, -0.05) is 30.7 Å². The van der Waals surface area contributed by atoms with Gasteiger partial charge in [-0.25, -0.2) is 0 Å². The average Bonchev–Trinajstić information content (AvgIpc) is 3.33. The molecule has 3 aliphatic rings. The molecule has 0 spiro atoms. The lowest BCUT2D eigenvalue weighted by atomic mass is 9.94. The highest BCUT2D eigenvalue weighted by Gasteiger charge is 2.34. The molecule has 3 atom stereocenters. The summed E-state index contributed by atoms with van der Waals surface area (Å²) in [6.45, 7) is 7.40. The third-order valence-electron chi connectivity index (χ3n) is 6.23. The Morgan fingerprint density at radius 1 is 1.04 bits per heavy atom. The van der Waals surface area contributed by atoms with E-state index in [0.29, 0.717) is 12.1 Å². The van der Waals surface area contributed by atoms with E-state index in [-0.39, 0.29) is 0 Å². The van der Waals surface area contributed by atoms with Gasteiger partial charge in [-0.15, -0.1) is 0 Å². The molecule has 1 aromatic rings. The Hall–Kier alpha value is -0.940. The standard InChI is InChI=1S/C21H33N3O/c1-2-12-24(11-1)15-18-8-6-17(7-9-18)14-23-20-5-3-4-19(20)21-16-25-13-10-22-21/h6-9,19-23H,1-5,10-16H2. The van der Waals surface area contributed by atoms with Crippen LogP contribution in [0.4, 0.5) is 0 Å². The maximum absolute atomic E-state index is 5.68. The van der Waals surface area contributed by atoms with Crippen molar-refractivity contribution in [1.82, 2.24) is 15.5 Å². The fourth-order valence-corrected chi connectivity index (χ4v) is 4.79. The molecule has 0 amide bonds. The Morgan fingerprint density at radius 3 is 2.60 bits per heavy atom. The molecule has 1 aliphatic carbocycles. The first kappa shape index (κ1) is 17.5. The predicted octanol–water partition coefficient (Wildman–Crippen LogP) is 2.53. The first-order valence-electron chi connectivity index (χ1n) is 10.2. The number of likely N-dealkylation sites (tertiary alicyclic amines) is 1. The third-order valence-corrected chi connectivity index (χ3v) is 6.23. The van der Waals surface area contributed by atoms with E-state index in [2.05, 4.69) is 39.8 Å². The fourth-order valence-electron chi connectivity index (χ4n) is 4.79. The lowest BCUT2D eigenvalue weighted by Crippen LogP contribution is -2.50. The van der Waals surface area contributed by atoms with Crippen LogP contribution in [0.3, 0.4) is 0 Å². The van der Waals surface area contributed by atoms with Gasteiger partial charge in [0.1, 0.15) is 0 Å². The van der Waals surface area contributed by atoms with Crippen molar-refractivity contribution < 1.29 is 4.74 Å². The Morgan fingerprint density at radius 2 is 1.84 bits per heavy atom. The molecule has 0 aromatic heterocycles. The maximum Gasteiger partial charge on any atom is 0.0623 e. The molecule has 2 saturated heterocycles. The van der Waals surface area contributed by atoms with Gasteiger partial charge in [0.05, 0.1) is 13.2 Å². The topological polar surface area (TPSA) is 36.5 Å². The molecule has 3 fully saturated rings. The van der Waals surface area contributed by atoms with Crippen LogP contribution in [0.15, 0.2) is 24.3 Å². The van der Waals surface area contributed by atoms with Crippen LogP contribution in [-0.4, -0.2) is 49.8 Å². The van der Waals surface area contributed by atoms with Gasteiger partial charge in [-0.2, -0.15) is 0 Å². The van der Waals surface area contributed by atoms with E-state index in [4.69, 9.17) is 4.74 Å². The SMILES string of the molecule is c1cc(CN2CCCC2)ccc1CNC1CCCC1C1COCCN1. The van der Waals surface area contributed by atoms with E-state index in [1.165, 1.54) is 56.3 Å². The second-order valence-electron chi connectivity index (χ2n) is 8.02. The number of nitrogens with zero attached hydrogens (tertiary/aromatic N) is 1. The summed E-state index contributed by atoms with van der Waals surface area (Å²) in [5.74, 6) is 0.717. The van der Waals surface area contributed by atoms with Crippen molar-refractivity contribution in [1.29, 1.82) is 0 Å². The van der Waals surface area contributed by atoms with Crippen LogP contribution in [0, 0.1) is 5.92 Å². The van der Waals surface area contributed by atoms with Crippen molar-refractivity contribution in [3.63, 3.8) is 0 Å². The number of rotatable bonds is 6. The quantitative estimate of drug-likeness (QED) is 0.832. The zero-order valence-corrected chi connectivity index (χ0v) is 15.4. The Bertz CT molecular complexity index is 520. The van der Waals surface area contributed by atoms with Gasteiger partial charge < -0.3 is 15.4 Å². The molecule has 25 heavy (non-hydrogen) atoms. The fraction of sp³-hybridized carbons (Fsp3) is 0.714. The van der Waals surface area contributed by atoms with Crippen LogP contribution in [0.1, 0.15) is 43.2 Å². The minimum Gasteiger partial charge on any atom is -0.379 e. The zero-order chi connectivity index (χ0) is 16.9. The zero-order valence-electron chi connectivity index (χ0n) is 15.4.